The van der Waals surface area contributed by atoms with Gasteiger partial charge < -0.3 is 15.4 Å². The van der Waals surface area contributed by atoms with Gasteiger partial charge in [0.15, 0.2) is 0 Å². The molecule has 3 N–H and O–H groups in total. The molecule has 1 fully saturated rings. The first-order valence-corrected chi connectivity index (χ1v) is 12.3. The second kappa shape index (κ2) is 8.63. The highest BCUT2D eigenvalue weighted by Gasteiger charge is 2.23. The molecular formula is C27H26N4OS. The molecule has 0 saturated carbocycles. The lowest BCUT2D eigenvalue weighted by atomic mass is 10.1. The third-order valence-corrected chi connectivity index (χ3v) is 7.79. The number of aromatic amines is 1. The zero-order valence-corrected chi connectivity index (χ0v) is 19.1. The van der Waals surface area contributed by atoms with E-state index in [1.54, 1.807) is 11.3 Å². The summed E-state index contributed by atoms with van der Waals surface area (Å²) < 4.78 is 1.16. The number of likely N-dealkylation sites (tertiary alicyclic amines) is 1. The van der Waals surface area contributed by atoms with Crippen LogP contribution in [0.1, 0.15) is 18.4 Å². The van der Waals surface area contributed by atoms with Crippen LogP contribution in [0.2, 0.25) is 0 Å². The SMILES string of the molecule is OCC1CCCN1Cc1ccc(-c2cc3ccnc(Nc4ccc5[nH]ccc5c4)c3s2)cc1. The summed E-state index contributed by atoms with van der Waals surface area (Å²) in [6.45, 7) is 2.23. The van der Waals surface area contributed by atoms with E-state index in [0.29, 0.717) is 6.04 Å². The van der Waals surface area contributed by atoms with Crippen LogP contribution in [0.4, 0.5) is 11.5 Å². The van der Waals surface area contributed by atoms with Gasteiger partial charge in [-0.1, -0.05) is 24.3 Å². The highest BCUT2D eigenvalue weighted by atomic mass is 32.1. The molecule has 0 spiro atoms. The Bertz CT molecular complexity index is 1400. The number of pyridine rings is 1. The molecule has 1 aliphatic rings. The van der Waals surface area contributed by atoms with Crippen LogP contribution in [0.3, 0.4) is 0 Å². The molecule has 166 valence electrons. The number of thiophene rings is 1. The molecule has 2 aromatic carbocycles. The van der Waals surface area contributed by atoms with Gasteiger partial charge in [0.25, 0.3) is 0 Å². The number of aliphatic hydroxyl groups excluding tert-OH is 1. The summed E-state index contributed by atoms with van der Waals surface area (Å²) in [5.74, 6) is 0.888. The van der Waals surface area contributed by atoms with Crippen LogP contribution in [0, 0.1) is 0 Å². The van der Waals surface area contributed by atoms with Crippen molar-refractivity contribution in [2.45, 2.75) is 25.4 Å². The molecular weight excluding hydrogens is 428 g/mol. The number of benzene rings is 2. The molecule has 1 saturated heterocycles. The number of nitrogens with one attached hydrogen (secondary N) is 2. The molecule has 5 nitrogen and oxygen atoms in total. The van der Waals surface area contributed by atoms with E-state index in [1.807, 2.05) is 12.4 Å². The Kier molecular flexibility index (Phi) is 5.34. The van der Waals surface area contributed by atoms with Crippen molar-refractivity contribution in [3.05, 3.63) is 78.6 Å². The summed E-state index contributed by atoms with van der Waals surface area (Å²) in [5.41, 5.74) is 4.68. The third-order valence-electron chi connectivity index (χ3n) is 6.58. The second-order valence-corrected chi connectivity index (χ2v) is 9.79. The Morgan fingerprint density at radius 2 is 1.97 bits per heavy atom. The normalized spacial score (nSPS) is 16.7. The predicted molar refractivity (Wildman–Crippen MR) is 137 cm³/mol. The van der Waals surface area contributed by atoms with Crippen LogP contribution in [0.5, 0.6) is 0 Å². The molecule has 0 bridgehead atoms. The maximum absolute atomic E-state index is 9.58. The Morgan fingerprint density at radius 1 is 1.06 bits per heavy atom. The molecule has 4 heterocycles. The minimum absolute atomic E-state index is 0.253. The zero-order valence-electron chi connectivity index (χ0n) is 18.3. The summed E-state index contributed by atoms with van der Waals surface area (Å²) in [5, 5.41) is 15.5. The van der Waals surface area contributed by atoms with Crippen molar-refractivity contribution in [2.75, 3.05) is 18.5 Å². The first-order chi connectivity index (χ1) is 16.3. The van der Waals surface area contributed by atoms with Crippen LogP contribution in [0.25, 0.3) is 31.4 Å². The number of rotatable bonds is 6. The highest BCUT2D eigenvalue weighted by Crippen LogP contribution is 2.38. The van der Waals surface area contributed by atoms with Gasteiger partial charge in [0.05, 0.1) is 11.3 Å². The number of aliphatic hydroxyl groups is 1. The first-order valence-electron chi connectivity index (χ1n) is 11.4. The predicted octanol–water partition coefficient (Wildman–Crippen LogP) is 6.14. The largest absolute Gasteiger partial charge is 0.395 e. The molecule has 1 aliphatic heterocycles. The van der Waals surface area contributed by atoms with Crippen molar-refractivity contribution in [2.24, 2.45) is 0 Å². The molecule has 0 aliphatic carbocycles. The summed E-state index contributed by atoms with van der Waals surface area (Å²) in [4.78, 5) is 11.5. The smallest absolute Gasteiger partial charge is 0.148 e. The molecule has 33 heavy (non-hydrogen) atoms. The topological polar surface area (TPSA) is 64.2 Å². The van der Waals surface area contributed by atoms with Gasteiger partial charge in [-0.15, -0.1) is 11.3 Å². The Balaban J connectivity index is 1.25. The fourth-order valence-corrected chi connectivity index (χ4v) is 5.89. The van der Waals surface area contributed by atoms with Gasteiger partial charge in [0.1, 0.15) is 5.82 Å². The summed E-state index contributed by atoms with van der Waals surface area (Å²) in [6, 6.07) is 21.9. The molecule has 1 unspecified atom stereocenters. The maximum Gasteiger partial charge on any atom is 0.148 e. The zero-order chi connectivity index (χ0) is 22.2. The molecule has 6 heteroatoms. The fourth-order valence-electron chi connectivity index (χ4n) is 4.78. The molecule has 1 atom stereocenters. The molecule has 0 amide bonds. The second-order valence-electron chi connectivity index (χ2n) is 8.74. The van der Waals surface area contributed by atoms with Crippen molar-refractivity contribution >= 4 is 43.8 Å². The van der Waals surface area contributed by atoms with E-state index in [1.165, 1.54) is 33.2 Å². The lowest BCUT2D eigenvalue weighted by Crippen LogP contribution is -2.31. The maximum atomic E-state index is 9.58. The monoisotopic (exact) mass is 454 g/mol. The van der Waals surface area contributed by atoms with Gasteiger partial charge in [-0.2, -0.15) is 0 Å². The van der Waals surface area contributed by atoms with Crippen molar-refractivity contribution in [1.82, 2.24) is 14.9 Å². The van der Waals surface area contributed by atoms with E-state index in [2.05, 4.69) is 80.8 Å². The average Bonchev–Trinajstić information content (AvgIpc) is 3.59. The quantitative estimate of drug-likeness (QED) is 0.288. The van der Waals surface area contributed by atoms with Gasteiger partial charge in [-0.3, -0.25) is 4.90 Å². The summed E-state index contributed by atoms with van der Waals surface area (Å²) in [6.07, 6.45) is 6.10. The number of H-pyrrole nitrogens is 1. The number of aromatic nitrogens is 2. The van der Waals surface area contributed by atoms with E-state index in [0.717, 1.165) is 41.2 Å². The van der Waals surface area contributed by atoms with E-state index >= 15 is 0 Å². The molecule has 6 rings (SSSR count). The van der Waals surface area contributed by atoms with E-state index < -0.39 is 0 Å². The van der Waals surface area contributed by atoms with Crippen LogP contribution in [-0.2, 0) is 6.54 Å². The minimum Gasteiger partial charge on any atom is -0.395 e. The Morgan fingerprint density at radius 3 is 2.85 bits per heavy atom. The lowest BCUT2D eigenvalue weighted by molar-refractivity contribution is 0.153. The van der Waals surface area contributed by atoms with Crippen molar-refractivity contribution in [1.29, 1.82) is 0 Å². The average molecular weight is 455 g/mol. The molecule has 0 radical (unpaired) electrons. The number of hydrogen-bond donors (Lipinski definition) is 3. The lowest BCUT2D eigenvalue weighted by Gasteiger charge is -2.22. The fraction of sp³-hybridized carbons (Fsp3) is 0.222. The van der Waals surface area contributed by atoms with Crippen LogP contribution in [0.15, 0.2) is 73.1 Å². The Labute approximate surface area is 196 Å². The van der Waals surface area contributed by atoms with Gasteiger partial charge in [0.2, 0.25) is 0 Å². The summed E-state index contributed by atoms with van der Waals surface area (Å²) in [7, 11) is 0. The third kappa shape index (κ3) is 4.02. The number of hydrogen-bond acceptors (Lipinski definition) is 5. The first kappa shape index (κ1) is 20.4. The molecule has 3 aromatic heterocycles. The van der Waals surface area contributed by atoms with E-state index in [4.69, 9.17) is 0 Å². The summed E-state index contributed by atoms with van der Waals surface area (Å²) >= 11 is 1.77. The van der Waals surface area contributed by atoms with Crippen LogP contribution in [-0.4, -0.2) is 39.2 Å². The van der Waals surface area contributed by atoms with Crippen LogP contribution < -0.4 is 5.32 Å². The van der Waals surface area contributed by atoms with Crippen molar-refractivity contribution in [3.63, 3.8) is 0 Å². The minimum atomic E-state index is 0.253. The Hall–Kier alpha value is -3.19. The van der Waals surface area contributed by atoms with Gasteiger partial charge >= 0.3 is 0 Å². The van der Waals surface area contributed by atoms with E-state index in [9.17, 15) is 5.11 Å². The molecule has 5 aromatic rings. The van der Waals surface area contributed by atoms with Crippen LogP contribution >= 0.6 is 11.3 Å². The van der Waals surface area contributed by atoms with Gasteiger partial charge in [-0.25, -0.2) is 4.98 Å². The van der Waals surface area contributed by atoms with Crippen molar-refractivity contribution in [3.8, 4) is 10.4 Å². The standard InChI is InChI=1S/C27H26N4OS/c32-17-23-2-1-13-31(23)16-18-3-5-19(6-4-18)25-15-21-10-12-29-27(26(21)33-25)30-22-7-8-24-20(14-22)9-11-28-24/h3-12,14-15,23,28,32H,1-2,13,16-17H2,(H,29,30). The van der Waals surface area contributed by atoms with E-state index in [-0.39, 0.29) is 6.61 Å². The van der Waals surface area contributed by atoms with Gasteiger partial charge in [-0.05, 0) is 72.3 Å². The number of nitrogens with zero attached hydrogens (tertiary/aromatic N) is 2. The highest BCUT2D eigenvalue weighted by molar-refractivity contribution is 7.22. The van der Waals surface area contributed by atoms with Gasteiger partial charge in [0, 0.05) is 46.4 Å². The number of fused-ring (bicyclic) bond motifs is 2. The van der Waals surface area contributed by atoms with Crippen molar-refractivity contribution < 1.29 is 5.11 Å². The number of anilines is 2.